The fourth-order valence-electron chi connectivity index (χ4n) is 4.34. The Hall–Kier alpha value is -1.84. The second-order valence-electron chi connectivity index (χ2n) is 7.31. The zero-order chi connectivity index (χ0) is 17.6. The summed E-state index contributed by atoms with van der Waals surface area (Å²) in [4.78, 5) is 15.4. The molecule has 3 nitrogen and oxygen atoms in total. The Labute approximate surface area is 154 Å². The molecule has 2 aliphatic heterocycles. The molecule has 2 fully saturated rings. The van der Waals surface area contributed by atoms with Gasteiger partial charge >= 0.3 is 0 Å². The summed E-state index contributed by atoms with van der Waals surface area (Å²) in [5.74, 6) is 1.09. The van der Waals surface area contributed by atoms with Gasteiger partial charge in [0.15, 0.2) is 0 Å². The summed E-state index contributed by atoms with van der Waals surface area (Å²) >= 11 is 6.26. The number of likely N-dealkylation sites (tertiary alicyclic amines) is 1. The molecule has 0 spiro atoms. The van der Waals surface area contributed by atoms with Crippen LogP contribution in [0, 0.1) is 25.7 Å². The van der Waals surface area contributed by atoms with Crippen LogP contribution >= 0.6 is 11.6 Å². The standard InChI is InChI=1S/C21H23ClN2O/c1-13-5-3-4-6-17(13)20-18-11-23-10-16(18)12-24(20)21(25)15-8-7-14(2)19(22)9-15/h3-9,16,18,20,23H,10-12H2,1-2H3/t16-,18-,20+/m0/s1. The number of fused-ring (bicyclic) bond motifs is 1. The summed E-state index contributed by atoms with van der Waals surface area (Å²) in [6.45, 7) is 6.86. The third-order valence-electron chi connectivity index (χ3n) is 5.75. The van der Waals surface area contributed by atoms with Crippen molar-refractivity contribution < 1.29 is 4.79 Å². The Balaban J connectivity index is 1.73. The lowest BCUT2D eigenvalue weighted by Crippen LogP contribution is -2.35. The maximum Gasteiger partial charge on any atom is 0.254 e. The summed E-state index contributed by atoms with van der Waals surface area (Å²) in [5.41, 5.74) is 4.20. The second-order valence-corrected chi connectivity index (χ2v) is 7.71. The zero-order valence-electron chi connectivity index (χ0n) is 14.6. The number of carbonyl (C=O) groups is 1. The van der Waals surface area contributed by atoms with Crippen molar-refractivity contribution in [3.63, 3.8) is 0 Å². The zero-order valence-corrected chi connectivity index (χ0v) is 15.4. The largest absolute Gasteiger partial charge is 0.331 e. The van der Waals surface area contributed by atoms with E-state index in [4.69, 9.17) is 11.6 Å². The molecular formula is C21H23ClN2O. The Morgan fingerprint density at radius 3 is 2.68 bits per heavy atom. The van der Waals surface area contributed by atoms with Crippen molar-refractivity contribution >= 4 is 17.5 Å². The number of halogens is 1. The van der Waals surface area contributed by atoms with Gasteiger partial charge in [0, 0.05) is 36.1 Å². The molecule has 0 aliphatic carbocycles. The van der Waals surface area contributed by atoms with Crippen LogP contribution in [0.4, 0.5) is 0 Å². The number of benzene rings is 2. The molecule has 2 saturated heterocycles. The molecule has 0 unspecified atom stereocenters. The van der Waals surface area contributed by atoms with Gasteiger partial charge in [-0.2, -0.15) is 0 Å². The molecular weight excluding hydrogens is 332 g/mol. The number of hydrogen-bond donors (Lipinski definition) is 1. The van der Waals surface area contributed by atoms with Crippen molar-refractivity contribution in [2.75, 3.05) is 19.6 Å². The molecule has 0 saturated carbocycles. The van der Waals surface area contributed by atoms with E-state index in [0.29, 0.717) is 22.4 Å². The number of nitrogens with zero attached hydrogens (tertiary/aromatic N) is 1. The van der Waals surface area contributed by atoms with E-state index < -0.39 is 0 Å². The average Bonchev–Trinajstić information content (AvgIpc) is 3.18. The number of amides is 1. The van der Waals surface area contributed by atoms with Crippen molar-refractivity contribution in [2.24, 2.45) is 11.8 Å². The molecule has 130 valence electrons. The van der Waals surface area contributed by atoms with Crippen molar-refractivity contribution in [3.8, 4) is 0 Å². The number of aryl methyl sites for hydroxylation is 2. The van der Waals surface area contributed by atoms with Crippen LogP contribution in [0.15, 0.2) is 42.5 Å². The predicted octanol–water partition coefficient (Wildman–Crippen LogP) is 3.99. The van der Waals surface area contributed by atoms with E-state index >= 15 is 0 Å². The third kappa shape index (κ3) is 2.86. The first-order valence-electron chi connectivity index (χ1n) is 8.89. The molecule has 2 heterocycles. The number of carbonyl (C=O) groups excluding carboxylic acids is 1. The lowest BCUT2D eigenvalue weighted by molar-refractivity contribution is 0.0713. The van der Waals surface area contributed by atoms with Gasteiger partial charge in [-0.05, 0) is 48.6 Å². The highest BCUT2D eigenvalue weighted by atomic mass is 35.5. The summed E-state index contributed by atoms with van der Waals surface area (Å²) in [6.07, 6.45) is 0. The summed E-state index contributed by atoms with van der Waals surface area (Å²) < 4.78 is 0. The maximum absolute atomic E-state index is 13.3. The Morgan fingerprint density at radius 1 is 1.12 bits per heavy atom. The Bertz CT molecular complexity index is 819. The van der Waals surface area contributed by atoms with Crippen LogP contribution in [0.25, 0.3) is 0 Å². The average molecular weight is 355 g/mol. The molecule has 0 bridgehead atoms. The molecule has 0 aromatic heterocycles. The summed E-state index contributed by atoms with van der Waals surface area (Å²) in [7, 11) is 0. The predicted molar refractivity (Wildman–Crippen MR) is 101 cm³/mol. The van der Waals surface area contributed by atoms with Gasteiger partial charge in [0.2, 0.25) is 0 Å². The van der Waals surface area contributed by atoms with Crippen molar-refractivity contribution in [2.45, 2.75) is 19.9 Å². The number of rotatable bonds is 2. The fourth-order valence-corrected chi connectivity index (χ4v) is 4.52. The molecule has 3 atom stereocenters. The minimum Gasteiger partial charge on any atom is -0.331 e. The van der Waals surface area contributed by atoms with E-state index in [0.717, 1.165) is 25.2 Å². The first-order valence-corrected chi connectivity index (χ1v) is 9.27. The van der Waals surface area contributed by atoms with Crippen LogP contribution in [0.1, 0.15) is 33.1 Å². The molecule has 2 aromatic rings. The fraction of sp³-hybridized carbons (Fsp3) is 0.381. The van der Waals surface area contributed by atoms with E-state index in [1.807, 2.05) is 19.1 Å². The van der Waals surface area contributed by atoms with E-state index in [1.54, 1.807) is 6.07 Å². The topological polar surface area (TPSA) is 32.3 Å². The Kier molecular flexibility index (Phi) is 4.30. The van der Waals surface area contributed by atoms with E-state index in [2.05, 4.69) is 41.4 Å². The van der Waals surface area contributed by atoms with Crippen LogP contribution in [-0.4, -0.2) is 30.4 Å². The first-order chi connectivity index (χ1) is 12.1. The molecule has 4 heteroatoms. The van der Waals surface area contributed by atoms with Gasteiger partial charge in [-0.25, -0.2) is 0 Å². The van der Waals surface area contributed by atoms with Crippen molar-refractivity contribution in [3.05, 3.63) is 69.7 Å². The highest BCUT2D eigenvalue weighted by Gasteiger charge is 2.47. The first kappa shape index (κ1) is 16.6. The van der Waals surface area contributed by atoms with Crippen LogP contribution in [0.3, 0.4) is 0 Å². The molecule has 0 radical (unpaired) electrons. The molecule has 25 heavy (non-hydrogen) atoms. The van der Waals surface area contributed by atoms with Gasteiger partial charge < -0.3 is 10.2 Å². The quantitative estimate of drug-likeness (QED) is 0.884. The smallest absolute Gasteiger partial charge is 0.254 e. The molecule has 2 aromatic carbocycles. The molecule has 1 amide bonds. The van der Waals surface area contributed by atoms with Gasteiger partial charge in [0.1, 0.15) is 0 Å². The number of nitrogens with one attached hydrogen (secondary N) is 1. The van der Waals surface area contributed by atoms with Crippen molar-refractivity contribution in [1.82, 2.24) is 10.2 Å². The maximum atomic E-state index is 13.3. The van der Waals surface area contributed by atoms with E-state index in [9.17, 15) is 4.79 Å². The van der Waals surface area contributed by atoms with Gasteiger partial charge in [0.05, 0.1) is 6.04 Å². The number of hydrogen-bond acceptors (Lipinski definition) is 2. The van der Waals surface area contributed by atoms with E-state index in [1.165, 1.54) is 11.1 Å². The summed E-state index contributed by atoms with van der Waals surface area (Å²) in [5, 5.41) is 4.15. The lowest BCUT2D eigenvalue weighted by Gasteiger charge is -2.29. The third-order valence-corrected chi connectivity index (χ3v) is 6.16. The Morgan fingerprint density at radius 2 is 1.92 bits per heavy atom. The van der Waals surface area contributed by atoms with Crippen molar-refractivity contribution in [1.29, 1.82) is 0 Å². The highest BCUT2D eigenvalue weighted by molar-refractivity contribution is 6.31. The van der Waals surface area contributed by atoms with Crippen LogP contribution < -0.4 is 5.32 Å². The minimum absolute atomic E-state index is 0.0875. The second kappa shape index (κ2) is 6.47. The molecule has 1 N–H and O–H groups in total. The van der Waals surface area contributed by atoms with Crippen LogP contribution in [0.5, 0.6) is 0 Å². The molecule has 4 rings (SSSR count). The summed E-state index contributed by atoms with van der Waals surface area (Å²) in [6, 6.07) is 14.2. The van der Waals surface area contributed by atoms with Gasteiger partial charge in [-0.15, -0.1) is 0 Å². The monoisotopic (exact) mass is 354 g/mol. The van der Waals surface area contributed by atoms with Crippen LogP contribution in [0.2, 0.25) is 5.02 Å². The molecule has 2 aliphatic rings. The van der Waals surface area contributed by atoms with Gasteiger partial charge in [0.25, 0.3) is 5.91 Å². The lowest BCUT2D eigenvalue weighted by atomic mass is 9.87. The van der Waals surface area contributed by atoms with E-state index in [-0.39, 0.29) is 11.9 Å². The highest BCUT2D eigenvalue weighted by Crippen LogP contribution is 2.44. The van der Waals surface area contributed by atoms with Gasteiger partial charge in [-0.1, -0.05) is 41.9 Å². The van der Waals surface area contributed by atoms with Crippen LogP contribution in [-0.2, 0) is 0 Å². The SMILES string of the molecule is Cc1ccc(C(=O)N2C[C@@H]3CNC[C@@H]3[C@H]2c2ccccc2C)cc1Cl. The normalized spacial score (nSPS) is 25.2. The minimum atomic E-state index is 0.0875. The van der Waals surface area contributed by atoms with Gasteiger partial charge in [-0.3, -0.25) is 4.79 Å².